The second kappa shape index (κ2) is 5.22. The molecule has 0 saturated heterocycles. The molecule has 0 aromatic heterocycles. The van der Waals surface area contributed by atoms with E-state index >= 15 is 0 Å². The molecule has 1 aliphatic rings. The molecule has 0 bridgehead atoms. The van der Waals surface area contributed by atoms with Crippen LogP contribution in [0.25, 0.3) is 0 Å². The highest BCUT2D eigenvalue weighted by Gasteiger charge is 2.35. The molecule has 0 atom stereocenters. The molecule has 0 radical (unpaired) electrons. The lowest BCUT2D eigenvalue weighted by atomic mass is 9.66. The van der Waals surface area contributed by atoms with Crippen LogP contribution in [0.5, 0.6) is 0 Å². The molecule has 94 valence electrons. The minimum atomic E-state index is 0.382. The Bertz CT molecular complexity index is 362. The van der Waals surface area contributed by atoms with Gasteiger partial charge in [-0.15, -0.1) is 0 Å². The van der Waals surface area contributed by atoms with Gasteiger partial charge in [-0.3, -0.25) is 0 Å². The summed E-state index contributed by atoms with van der Waals surface area (Å²) in [4.78, 5) is 0. The van der Waals surface area contributed by atoms with E-state index in [2.05, 4.69) is 50.5 Å². The van der Waals surface area contributed by atoms with E-state index in [9.17, 15) is 0 Å². The fourth-order valence-electron chi connectivity index (χ4n) is 3.36. The number of nitrogens with one attached hydrogen (secondary N) is 1. The topological polar surface area (TPSA) is 12.0 Å². The minimum Gasteiger partial charge on any atom is -0.319 e. The Morgan fingerprint density at radius 2 is 1.88 bits per heavy atom. The summed E-state index contributed by atoms with van der Waals surface area (Å²) in [6, 6.07) is 8.93. The van der Waals surface area contributed by atoms with Crippen LogP contribution in [-0.4, -0.2) is 13.6 Å². The molecular weight excluding hydrogens is 206 g/mol. The van der Waals surface area contributed by atoms with E-state index < -0.39 is 0 Å². The average molecular weight is 231 g/mol. The Morgan fingerprint density at radius 1 is 1.24 bits per heavy atom. The van der Waals surface area contributed by atoms with Crippen molar-refractivity contribution in [3.8, 4) is 0 Å². The third-order valence-electron chi connectivity index (χ3n) is 4.46. The summed E-state index contributed by atoms with van der Waals surface area (Å²) in [5.74, 6) is 0.906. The molecule has 0 spiro atoms. The molecule has 0 aliphatic heterocycles. The van der Waals surface area contributed by atoms with E-state index in [0.29, 0.717) is 5.41 Å². The van der Waals surface area contributed by atoms with Crippen LogP contribution in [-0.2, 0) is 5.41 Å². The first kappa shape index (κ1) is 12.6. The summed E-state index contributed by atoms with van der Waals surface area (Å²) in [6.07, 6.45) is 5.41. The van der Waals surface area contributed by atoms with Gasteiger partial charge in [0.25, 0.3) is 0 Å². The van der Waals surface area contributed by atoms with Crippen LogP contribution in [0.15, 0.2) is 24.3 Å². The van der Waals surface area contributed by atoms with Crippen molar-refractivity contribution in [2.45, 2.75) is 44.9 Å². The largest absolute Gasteiger partial charge is 0.319 e. The van der Waals surface area contributed by atoms with E-state index in [1.807, 2.05) is 0 Å². The molecule has 1 nitrogen and oxygen atoms in total. The second-order valence-electron chi connectivity index (χ2n) is 5.81. The van der Waals surface area contributed by atoms with Gasteiger partial charge >= 0.3 is 0 Å². The van der Waals surface area contributed by atoms with Crippen molar-refractivity contribution < 1.29 is 0 Å². The fraction of sp³-hybridized carbons (Fsp3) is 0.625. The van der Waals surface area contributed by atoms with Crippen molar-refractivity contribution >= 4 is 0 Å². The highest BCUT2D eigenvalue weighted by atomic mass is 14.8. The smallest absolute Gasteiger partial charge is 0.00804 e. The lowest BCUT2D eigenvalue weighted by molar-refractivity contribution is 0.236. The van der Waals surface area contributed by atoms with Gasteiger partial charge in [-0.05, 0) is 56.7 Å². The number of aryl methyl sites for hydroxylation is 1. The molecule has 1 aliphatic carbocycles. The number of rotatable bonds is 3. The monoisotopic (exact) mass is 231 g/mol. The number of likely N-dealkylation sites (N-methyl/N-ethyl adjacent to an activating group) is 1. The van der Waals surface area contributed by atoms with Crippen molar-refractivity contribution in [2.24, 2.45) is 5.92 Å². The first-order chi connectivity index (χ1) is 8.18. The highest BCUT2D eigenvalue weighted by Crippen LogP contribution is 2.42. The zero-order valence-electron chi connectivity index (χ0n) is 11.4. The fourth-order valence-corrected chi connectivity index (χ4v) is 3.36. The van der Waals surface area contributed by atoms with E-state index in [1.54, 1.807) is 5.56 Å². The van der Waals surface area contributed by atoms with Gasteiger partial charge in [0, 0.05) is 12.0 Å². The molecule has 0 amide bonds. The van der Waals surface area contributed by atoms with Crippen LogP contribution in [0.2, 0.25) is 0 Å². The molecule has 1 aromatic rings. The highest BCUT2D eigenvalue weighted by molar-refractivity contribution is 5.34. The summed E-state index contributed by atoms with van der Waals surface area (Å²) < 4.78 is 0. The van der Waals surface area contributed by atoms with Gasteiger partial charge in [-0.2, -0.15) is 0 Å². The second-order valence-corrected chi connectivity index (χ2v) is 5.81. The summed E-state index contributed by atoms with van der Waals surface area (Å²) in [5.41, 5.74) is 3.41. The Hall–Kier alpha value is -0.820. The molecule has 0 heterocycles. The van der Waals surface area contributed by atoms with Crippen molar-refractivity contribution in [1.82, 2.24) is 5.32 Å². The number of hydrogen-bond donors (Lipinski definition) is 1. The molecule has 2 rings (SSSR count). The Morgan fingerprint density at radius 3 is 2.47 bits per heavy atom. The maximum Gasteiger partial charge on any atom is 0.00804 e. The van der Waals surface area contributed by atoms with E-state index in [4.69, 9.17) is 0 Å². The Labute approximate surface area is 106 Å². The maximum atomic E-state index is 3.42. The lowest BCUT2D eigenvalue weighted by Gasteiger charge is -2.41. The van der Waals surface area contributed by atoms with Crippen molar-refractivity contribution in [2.75, 3.05) is 13.6 Å². The standard InChI is InChI=1S/C16H25N/c1-13-8-10-16(11-9-13,12-17-3)15-7-5-4-6-14(15)2/h4-7,13,17H,8-12H2,1-3H3. The number of hydrogen-bond acceptors (Lipinski definition) is 1. The zero-order chi connectivity index (χ0) is 12.3. The zero-order valence-corrected chi connectivity index (χ0v) is 11.4. The normalized spacial score (nSPS) is 29.2. The molecular formula is C16H25N. The SMILES string of the molecule is CNCC1(c2ccccc2C)CCC(C)CC1. The van der Waals surface area contributed by atoms with Crippen LogP contribution in [0.1, 0.15) is 43.7 Å². The minimum absolute atomic E-state index is 0.382. The summed E-state index contributed by atoms with van der Waals surface area (Å²) in [7, 11) is 2.08. The summed E-state index contributed by atoms with van der Waals surface area (Å²) in [5, 5.41) is 3.42. The average Bonchev–Trinajstić information content (AvgIpc) is 2.33. The van der Waals surface area contributed by atoms with Crippen LogP contribution in [0, 0.1) is 12.8 Å². The third kappa shape index (κ3) is 2.55. The molecule has 1 heteroatoms. The van der Waals surface area contributed by atoms with Crippen molar-refractivity contribution in [3.05, 3.63) is 35.4 Å². The van der Waals surface area contributed by atoms with Crippen LogP contribution in [0.4, 0.5) is 0 Å². The van der Waals surface area contributed by atoms with Gasteiger partial charge < -0.3 is 5.32 Å². The van der Waals surface area contributed by atoms with Gasteiger partial charge in [0.05, 0.1) is 0 Å². The van der Waals surface area contributed by atoms with Crippen LogP contribution < -0.4 is 5.32 Å². The third-order valence-corrected chi connectivity index (χ3v) is 4.46. The van der Waals surface area contributed by atoms with E-state index in [1.165, 1.54) is 31.2 Å². The Kier molecular flexibility index (Phi) is 3.88. The molecule has 17 heavy (non-hydrogen) atoms. The van der Waals surface area contributed by atoms with Gasteiger partial charge in [-0.1, -0.05) is 31.2 Å². The molecule has 1 N–H and O–H groups in total. The Balaban J connectivity index is 2.31. The summed E-state index contributed by atoms with van der Waals surface area (Å²) >= 11 is 0. The molecule has 1 aromatic carbocycles. The first-order valence-electron chi connectivity index (χ1n) is 6.89. The van der Waals surface area contributed by atoms with Gasteiger partial charge in [-0.25, -0.2) is 0 Å². The summed E-state index contributed by atoms with van der Waals surface area (Å²) in [6.45, 7) is 5.76. The van der Waals surface area contributed by atoms with Gasteiger partial charge in [0.15, 0.2) is 0 Å². The molecule has 1 saturated carbocycles. The molecule has 0 unspecified atom stereocenters. The predicted molar refractivity (Wildman–Crippen MR) is 74.4 cm³/mol. The van der Waals surface area contributed by atoms with Crippen molar-refractivity contribution in [1.29, 1.82) is 0 Å². The van der Waals surface area contributed by atoms with Crippen LogP contribution >= 0.6 is 0 Å². The van der Waals surface area contributed by atoms with Crippen molar-refractivity contribution in [3.63, 3.8) is 0 Å². The predicted octanol–water partition coefficient (Wildman–Crippen LogP) is 3.66. The first-order valence-corrected chi connectivity index (χ1v) is 6.89. The quantitative estimate of drug-likeness (QED) is 0.837. The molecule has 1 fully saturated rings. The van der Waals surface area contributed by atoms with Crippen LogP contribution in [0.3, 0.4) is 0 Å². The number of benzene rings is 1. The van der Waals surface area contributed by atoms with E-state index in [0.717, 1.165) is 12.5 Å². The maximum absolute atomic E-state index is 3.42. The van der Waals surface area contributed by atoms with E-state index in [-0.39, 0.29) is 0 Å². The lowest BCUT2D eigenvalue weighted by Crippen LogP contribution is -2.40. The van der Waals surface area contributed by atoms with Gasteiger partial charge in [0.1, 0.15) is 0 Å². The van der Waals surface area contributed by atoms with Gasteiger partial charge in [0.2, 0.25) is 0 Å².